The van der Waals surface area contributed by atoms with Gasteiger partial charge in [0.15, 0.2) is 0 Å². The summed E-state index contributed by atoms with van der Waals surface area (Å²) < 4.78 is 5.55. The molecule has 1 aromatic carbocycles. The summed E-state index contributed by atoms with van der Waals surface area (Å²) in [5.74, 6) is 0. The van der Waals surface area contributed by atoms with Gasteiger partial charge in [0, 0.05) is 19.6 Å². The van der Waals surface area contributed by atoms with Gasteiger partial charge in [-0.2, -0.15) is 0 Å². The molecule has 0 fully saturated rings. The molecule has 4 heteroatoms. The predicted octanol–water partition coefficient (Wildman–Crippen LogP) is 0.455. The number of nitrogens with zero attached hydrogens (tertiary/aromatic N) is 1. The van der Waals surface area contributed by atoms with Gasteiger partial charge in [-0.15, -0.1) is 0 Å². The molecule has 3 N–H and O–H groups in total. The Hall–Kier alpha value is -0.940. The Morgan fingerprint density at radius 3 is 2.71 bits per heavy atom. The van der Waals surface area contributed by atoms with Crippen LogP contribution in [-0.4, -0.2) is 49.4 Å². The van der Waals surface area contributed by atoms with Gasteiger partial charge in [-0.3, -0.25) is 0 Å². The van der Waals surface area contributed by atoms with E-state index in [1.165, 1.54) is 5.56 Å². The van der Waals surface area contributed by atoms with Crippen LogP contribution in [0.4, 0.5) is 0 Å². The van der Waals surface area contributed by atoms with Gasteiger partial charge in [-0.1, -0.05) is 30.3 Å². The van der Waals surface area contributed by atoms with Crippen LogP contribution in [0.5, 0.6) is 0 Å². The largest absolute Gasteiger partial charge is 0.390 e. The first-order valence-electron chi connectivity index (χ1n) is 5.90. The van der Waals surface area contributed by atoms with Crippen molar-refractivity contribution in [3.05, 3.63) is 35.9 Å². The summed E-state index contributed by atoms with van der Waals surface area (Å²) in [4.78, 5) is 2.02. The molecule has 0 bridgehead atoms. The van der Waals surface area contributed by atoms with Gasteiger partial charge in [0.2, 0.25) is 0 Å². The number of aliphatic hydroxyl groups is 1. The van der Waals surface area contributed by atoms with Gasteiger partial charge in [0.05, 0.1) is 19.3 Å². The number of rotatable bonds is 8. The average Bonchev–Trinajstić information content (AvgIpc) is 2.36. The van der Waals surface area contributed by atoms with Crippen molar-refractivity contribution in [3.63, 3.8) is 0 Å². The highest BCUT2D eigenvalue weighted by Crippen LogP contribution is 2.00. The molecule has 1 rings (SSSR count). The maximum atomic E-state index is 9.36. The lowest BCUT2D eigenvalue weighted by Crippen LogP contribution is -2.35. The van der Waals surface area contributed by atoms with Crippen molar-refractivity contribution in [2.24, 2.45) is 5.73 Å². The fourth-order valence-corrected chi connectivity index (χ4v) is 1.51. The second kappa shape index (κ2) is 8.20. The maximum absolute atomic E-state index is 9.36. The molecule has 1 atom stereocenters. The molecule has 0 spiro atoms. The van der Waals surface area contributed by atoms with Crippen molar-refractivity contribution in [1.29, 1.82) is 0 Å². The Balaban J connectivity index is 2.08. The Kier molecular flexibility index (Phi) is 6.81. The van der Waals surface area contributed by atoms with Crippen LogP contribution < -0.4 is 5.73 Å². The Morgan fingerprint density at radius 2 is 2.06 bits per heavy atom. The summed E-state index contributed by atoms with van der Waals surface area (Å²) >= 11 is 0. The molecule has 0 radical (unpaired) electrons. The zero-order valence-corrected chi connectivity index (χ0v) is 10.4. The summed E-state index contributed by atoms with van der Waals surface area (Å²) in [6.45, 7) is 2.97. The van der Waals surface area contributed by atoms with E-state index in [0.717, 1.165) is 6.54 Å². The Morgan fingerprint density at radius 1 is 1.35 bits per heavy atom. The van der Waals surface area contributed by atoms with Crippen molar-refractivity contribution in [1.82, 2.24) is 4.90 Å². The first-order valence-corrected chi connectivity index (χ1v) is 5.90. The normalized spacial score (nSPS) is 12.9. The van der Waals surface area contributed by atoms with E-state index in [4.69, 9.17) is 10.5 Å². The van der Waals surface area contributed by atoms with Crippen molar-refractivity contribution in [2.75, 3.05) is 33.3 Å². The molecule has 0 saturated heterocycles. The van der Waals surface area contributed by atoms with E-state index in [9.17, 15) is 5.11 Å². The maximum Gasteiger partial charge on any atom is 0.0789 e. The van der Waals surface area contributed by atoms with Crippen LogP contribution in [-0.2, 0) is 11.3 Å². The quantitative estimate of drug-likeness (QED) is 0.646. The smallest absolute Gasteiger partial charge is 0.0789 e. The van der Waals surface area contributed by atoms with E-state index in [0.29, 0.717) is 26.3 Å². The van der Waals surface area contributed by atoms with E-state index < -0.39 is 6.10 Å². The third kappa shape index (κ3) is 6.38. The average molecular weight is 238 g/mol. The second-order valence-corrected chi connectivity index (χ2v) is 4.19. The molecular formula is C13H22N2O2. The highest BCUT2D eigenvalue weighted by atomic mass is 16.5. The van der Waals surface area contributed by atoms with Crippen molar-refractivity contribution in [2.45, 2.75) is 12.7 Å². The molecule has 0 aliphatic carbocycles. The summed E-state index contributed by atoms with van der Waals surface area (Å²) in [6, 6.07) is 10.1. The van der Waals surface area contributed by atoms with Crippen LogP contribution in [0.2, 0.25) is 0 Å². The number of hydrogen-bond acceptors (Lipinski definition) is 4. The van der Waals surface area contributed by atoms with Crippen LogP contribution in [0.15, 0.2) is 30.3 Å². The number of ether oxygens (including phenoxy) is 1. The molecule has 0 saturated carbocycles. The van der Waals surface area contributed by atoms with Crippen molar-refractivity contribution >= 4 is 0 Å². The first-order chi connectivity index (χ1) is 8.22. The molecule has 96 valence electrons. The highest BCUT2D eigenvalue weighted by molar-refractivity contribution is 5.13. The van der Waals surface area contributed by atoms with Crippen molar-refractivity contribution in [3.8, 4) is 0 Å². The van der Waals surface area contributed by atoms with Crippen LogP contribution in [0.3, 0.4) is 0 Å². The molecule has 0 amide bonds. The lowest BCUT2D eigenvalue weighted by atomic mass is 10.2. The SMILES string of the molecule is CN(CCOCc1ccccc1)C[C@H](O)CN. The summed E-state index contributed by atoms with van der Waals surface area (Å²) in [7, 11) is 1.95. The standard InChI is InChI=1S/C13H22N2O2/c1-15(10-13(16)9-14)7-8-17-11-12-5-3-2-4-6-12/h2-6,13,16H,7-11,14H2,1H3/t13-/m1/s1. The van der Waals surface area contributed by atoms with E-state index in [1.54, 1.807) is 0 Å². The fourth-order valence-electron chi connectivity index (χ4n) is 1.51. The fraction of sp³-hybridized carbons (Fsp3) is 0.538. The monoisotopic (exact) mass is 238 g/mol. The third-order valence-corrected chi connectivity index (χ3v) is 2.52. The van der Waals surface area contributed by atoms with Crippen LogP contribution in [0, 0.1) is 0 Å². The van der Waals surface area contributed by atoms with E-state index in [2.05, 4.69) is 0 Å². The minimum atomic E-state index is -0.450. The molecule has 0 aliphatic heterocycles. The molecule has 4 nitrogen and oxygen atoms in total. The van der Waals surface area contributed by atoms with E-state index in [1.807, 2.05) is 42.3 Å². The molecule has 0 unspecified atom stereocenters. The summed E-state index contributed by atoms with van der Waals surface area (Å²) in [6.07, 6.45) is -0.450. The number of likely N-dealkylation sites (N-methyl/N-ethyl adjacent to an activating group) is 1. The lowest BCUT2D eigenvalue weighted by Gasteiger charge is -2.19. The lowest BCUT2D eigenvalue weighted by molar-refractivity contribution is 0.0790. The van der Waals surface area contributed by atoms with E-state index >= 15 is 0 Å². The molecular weight excluding hydrogens is 216 g/mol. The van der Waals surface area contributed by atoms with Gasteiger partial charge in [0.1, 0.15) is 0 Å². The number of nitrogens with two attached hydrogens (primary N) is 1. The molecule has 17 heavy (non-hydrogen) atoms. The predicted molar refractivity (Wildman–Crippen MR) is 68.7 cm³/mol. The van der Waals surface area contributed by atoms with Gasteiger partial charge >= 0.3 is 0 Å². The highest BCUT2D eigenvalue weighted by Gasteiger charge is 2.05. The van der Waals surface area contributed by atoms with Crippen molar-refractivity contribution < 1.29 is 9.84 Å². The zero-order valence-electron chi connectivity index (χ0n) is 10.4. The van der Waals surface area contributed by atoms with Crippen LogP contribution in [0.1, 0.15) is 5.56 Å². The van der Waals surface area contributed by atoms with Crippen LogP contribution in [0.25, 0.3) is 0 Å². The topological polar surface area (TPSA) is 58.7 Å². The first kappa shape index (κ1) is 14.1. The molecule has 0 heterocycles. The zero-order chi connectivity index (χ0) is 12.5. The molecule has 0 aromatic heterocycles. The molecule has 0 aliphatic rings. The van der Waals surface area contributed by atoms with Crippen LogP contribution >= 0.6 is 0 Å². The number of aliphatic hydroxyl groups excluding tert-OH is 1. The Bertz CT molecular complexity index is 293. The summed E-state index contributed by atoms with van der Waals surface area (Å²) in [5, 5.41) is 9.36. The Labute approximate surface area is 103 Å². The number of benzene rings is 1. The third-order valence-electron chi connectivity index (χ3n) is 2.52. The van der Waals surface area contributed by atoms with Gasteiger partial charge in [-0.25, -0.2) is 0 Å². The minimum absolute atomic E-state index is 0.301. The summed E-state index contributed by atoms with van der Waals surface area (Å²) in [5.41, 5.74) is 6.52. The second-order valence-electron chi connectivity index (χ2n) is 4.19. The minimum Gasteiger partial charge on any atom is -0.390 e. The van der Waals surface area contributed by atoms with Gasteiger partial charge in [0.25, 0.3) is 0 Å². The van der Waals surface area contributed by atoms with E-state index in [-0.39, 0.29) is 0 Å². The molecule has 1 aromatic rings. The number of hydrogen-bond donors (Lipinski definition) is 2. The van der Waals surface area contributed by atoms with Gasteiger partial charge < -0.3 is 20.5 Å². The van der Waals surface area contributed by atoms with Gasteiger partial charge in [-0.05, 0) is 12.6 Å².